The molecule has 3 rings (SSSR count). The molecule has 0 radical (unpaired) electrons. The van der Waals surface area contributed by atoms with Gasteiger partial charge in [-0.1, -0.05) is 41.6 Å². The number of rotatable bonds is 7. The van der Waals surface area contributed by atoms with Crippen LogP contribution in [0.15, 0.2) is 53.7 Å². The van der Waals surface area contributed by atoms with Gasteiger partial charge in [0.05, 0.1) is 12.4 Å². The van der Waals surface area contributed by atoms with Crippen molar-refractivity contribution >= 4 is 17.7 Å². The molecule has 0 aliphatic heterocycles. The summed E-state index contributed by atoms with van der Waals surface area (Å²) in [5, 5.41) is 10.3. The summed E-state index contributed by atoms with van der Waals surface area (Å²) in [5.41, 5.74) is 3.18. The summed E-state index contributed by atoms with van der Waals surface area (Å²) < 4.78 is 5.16. The molecule has 1 amide bonds. The summed E-state index contributed by atoms with van der Waals surface area (Å²) in [7, 11) is 1.63. The van der Waals surface area contributed by atoms with E-state index >= 15 is 0 Å². The van der Waals surface area contributed by atoms with Crippen LogP contribution in [0.1, 0.15) is 18.1 Å². The van der Waals surface area contributed by atoms with Crippen molar-refractivity contribution in [3.63, 3.8) is 0 Å². The molecule has 0 bridgehead atoms. The fourth-order valence-electron chi connectivity index (χ4n) is 2.43. The Morgan fingerprint density at radius 2 is 1.89 bits per heavy atom. The molecule has 0 aliphatic rings. The van der Waals surface area contributed by atoms with Gasteiger partial charge in [-0.2, -0.15) is 0 Å². The van der Waals surface area contributed by atoms with E-state index in [1.807, 2.05) is 62.4 Å². The number of ether oxygens (including phenoxy) is 1. The molecule has 140 valence electrons. The highest BCUT2D eigenvalue weighted by atomic mass is 32.2. The van der Waals surface area contributed by atoms with Gasteiger partial charge < -0.3 is 10.1 Å². The highest BCUT2D eigenvalue weighted by Crippen LogP contribution is 2.24. The number of H-pyrrole nitrogens is 1. The number of carbonyl (C=O) groups is 1. The molecule has 0 fully saturated rings. The van der Waals surface area contributed by atoms with Crippen molar-refractivity contribution in [1.82, 2.24) is 20.5 Å². The van der Waals surface area contributed by atoms with Gasteiger partial charge in [-0.15, -0.1) is 5.10 Å². The maximum absolute atomic E-state index is 12.3. The Hall–Kier alpha value is -2.80. The predicted molar refractivity (Wildman–Crippen MR) is 107 cm³/mol. The van der Waals surface area contributed by atoms with Crippen molar-refractivity contribution < 1.29 is 9.53 Å². The smallest absolute Gasteiger partial charge is 0.233 e. The first-order valence-corrected chi connectivity index (χ1v) is 9.50. The first-order chi connectivity index (χ1) is 13.0. The standard InChI is InChI=1S/C20H22N4O2S/c1-13-4-6-15(7-5-13)12-21-19(25)14(2)27-20-22-18(23-24-20)16-8-10-17(26-3)11-9-16/h4-11,14H,12H2,1-3H3,(H,21,25)(H,22,23,24). The van der Waals surface area contributed by atoms with Crippen LogP contribution >= 0.6 is 11.8 Å². The topological polar surface area (TPSA) is 79.9 Å². The summed E-state index contributed by atoms with van der Waals surface area (Å²) in [6, 6.07) is 15.7. The Balaban J connectivity index is 1.55. The first-order valence-electron chi connectivity index (χ1n) is 8.62. The number of thioether (sulfide) groups is 1. The van der Waals surface area contributed by atoms with E-state index in [9.17, 15) is 4.79 Å². The van der Waals surface area contributed by atoms with Crippen LogP contribution in [0.25, 0.3) is 11.4 Å². The Bertz CT molecular complexity index is 891. The number of carbonyl (C=O) groups excluding carboxylic acids is 1. The molecule has 0 saturated carbocycles. The number of aryl methyl sites for hydroxylation is 1. The van der Waals surface area contributed by atoms with Crippen molar-refractivity contribution in [2.24, 2.45) is 0 Å². The van der Waals surface area contributed by atoms with Gasteiger partial charge in [-0.3, -0.25) is 9.89 Å². The number of aromatic amines is 1. The lowest BCUT2D eigenvalue weighted by Crippen LogP contribution is -2.30. The Kier molecular flexibility index (Phi) is 6.13. The van der Waals surface area contributed by atoms with Gasteiger partial charge in [0.2, 0.25) is 11.1 Å². The Morgan fingerprint density at radius 1 is 1.19 bits per heavy atom. The predicted octanol–water partition coefficient (Wildman–Crippen LogP) is 3.59. The quantitative estimate of drug-likeness (QED) is 0.611. The van der Waals surface area contributed by atoms with E-state index in [0.717, 1.165) is 16.9 Å². The molecule has 2 aromatic carbocycles. The van der Waals surface area contributed by atoms with Crippen molar-refractivity contribution in [3.8, 4) is 17.1 Å². The summed E-state index contributed by atoms with van der Waals surface area (Å²) >= 11 is 1.32. The second kappa shape index (κ2) is 8.73. The minimum absolute atomic E-state index is 0.0450. The Morgan fingerprint density at radius 3 is 2.56 bits per heavy atom. The maximum atomic E-state index is 12.3. The number of nitrogens with zero attached hydrogens (tertiary/aromatic N) is 2. The average molecular weight is 382 g/mol. The van der Waals surface area contributed by atoms with Crippen LogP contribution in [0.5, 0.6) is 5.75 Å². The van der Waals surface area contributed by atoms with E-state index < -0.39 is 0 Å². The van der Waals surface area contributed by atoms with Gasteiger partial charge in [-0.05, 0) is 43.7 Å². The summed E-state index contributed by atoms with van der Waals surface area (Å²) in [5.74, 6) is 1.40. The molecule has 27 heavy (non-hydrogen) atoms. The van der Waals surface area contributed by atoms with Crippen molar-refractivity contribution in [2.45, 2.75) is 30.8 Å². The third-order valence-corrected chi connectivity index (χ3v) is 5.03. The lowest BCUT2D eigenvalue weighted by atomic mass is 10.1. The van der Waals surface area contributed by atoms with Crippen LogP contribution in [-0.2, 0) is 11.3 Å². The number of nitrogens with one attached hydrogen (secondary N) is 2. The number of hydrogen-bond donors (Lipinski definition) is 2. The fraction of sp³-hybridized carbons (Fsp3) is 0.250. The number of amides is 1. The van der Waals surface area contributed by atoms with Crippen LogP contribution in [-0.4, -0.2) is 33.4 Å². The maximum Gasteiger partial charge on any atom is 0.233 e. The van der Waals surface area contributed by atoms with Gasteiger partial charge in [0.15, 0.2) is 5.82 Å². The van der Waals surface area contributed by atoms with Crippen LogP contribution in [0.3, 0.4) is 0 Å². The summed E-state index contributed by atoms with van der Waals surface area (Å²) in [6.07, 6.45) is 0. The minimum atomic E-state index is -0.296. The van der Waals surface area contributed by atoms with Gasteiger partial charge in [0, 0.05) is 12.1 Å². The number of benzene rings is 2. The molecule has 2 N–H and O–H groups in total. The molecule has 3 aromatic rings. The van der Waals surface area contributed by atoms with E-state index in [-0.39, 0.29) is 11.2 Å². The lowest BCUT2D eigenvalue weighted by Gasteiger charge is -2.10. The molecule has 1 atom stereocenters. The monoisotopic (exact) mass is 382 g/mol. The van der Waals surface area contributed by atoms with E-state index in [2.05, 4.69) is 20.5 Å². The largest absolute Gasteiger partial charge is 0.497 e. The van der Waals surface area contributed by atoms with E-state index in [4.69, 9.17) is 4.74 Å². The first kappa shape index (κ1) is 19.0. The number of hydrogen-bond acceptors (Lipinski definition) is 5. The van der Waals surface area contributed by atoms with Crippen LogP contribution in [0, 0.1) is 6.92 Å². The number of aromatic nitrogens is 3. The van der Waals surface area contributed by atoms with E-state index in [1.54, 1.807) is 7.11 Å². The second-order valence-corrected chi connectivity index (χ2v) is 7.47. The zero-order valence-corrected chi connectivity index (χ0v) is 16.3. The SMILES string of the molecule is COc1ccc(-c2nc(SC(C)C(=O)NCc3ccc(C)cc3)n[nH]2)cc1. The summed E-state index contributed by atoms with van der Waals surface area (Å²) in [6.45, 7) is 4.39. The number of methoxy groups -OCH3 is 1. The van der Waals surface area contributed by atoms with Crippen LogP contribution in [0.4, 0.5) is 0 Å². The molecule has 0 saturated heterocycles. The third kappa shape index (κ3) is 5.10. The van der Waals surface area contributed by atoms with E-state index in [1.165, 1.54) is 17.3 Å². The molecule has 0 spiro atoms. The fourth-order valence-corrected chi connectivity index (χ4v) is 3.18. The van der Waals surface area contributed by atoms with Crippen LogP contribution < -0.4 is 10.1 Å². The minimum Gasteiger partial charge on any atom is -0.497 e. The molecule has 1 heterocycles. The molecule has 1 unspecified atom stereocenters. The zero-order valence-electron chi connectivity index (χ0n) is 15.5. The van der Waals surface area contributed by atoms with E-state index in [0.29, 0.717) is 17.5 Å². The second-order valence-electron chi connectivity index (χ2n) is 6.16. The van der Waals surface area contributed by atoms with Crippen LogP contribution in [0.2, 0.25) is 0 Å². The molecular weight excluding hydrogens is 360 g/mol. The highest BCUT2D eigenvalue weighted by Gasteiger charge is 2.17. The molecule has 6 nitrogen and oxygen atoms in total. The molecule has 1 aromatic heterocycles. The molecular formula is C20H22N4O2S. The molecule has 0 aliphatic carbocycles. The van der Waals surface area contributed by atoms with Gasteiger partial charge in [-0.25, -0.2) is 4.98 Å². The Labute approximate surface area is 162 Å². The summed E-state index contributed by atoms with van der Waals surface area (Å²) in [4.78, 5) is 16.8. The van der Waals surface area contributed by atoms with Gasteiger partial charge >= 0.3 is 0 Å². The highest BCUT2D eigenvalue weighted by molar-refractivity contribution is 8.00. The van der Waals surface area contributed by atoms with Gasteiger partial charge in [0.1, 0.15) is 5.75 Å². The lowest BCUT2D eigenvalue weighted by molar-refractivity contribution is -0.120. The van der Waals surface area contributed by atoms with Crippen molar-refractivity contribution in [3.05, 3.63) is 59.7 Å². The molecule has 7 heteroatoms. The van der Waals surface area contributed by atoms with Crippen molar-refractivity contribution in [2.75, 3.05) is 7.11 Å². The normalized spacial score (nSPS) is 11.8. The van der Waals surface area contributed by atoms with Gasteiger partial charge in [0.25, 0.3) is 0 Å². The third-order valence-electron chi connectivity index (χ3n) is 4.07. The zero-order chi connectivity index (χ0) is 19.2. The van der Waals surface area contributed by atoms with Crippen molar-refractivity contribution in [1.29, 1.82) is 0 Å². The average Bonchev–Trinajstić information content (AvgIpc) is 3.15.